The van der Waals surface area contributed by atoms with Gasteiger partial charge in [-0.05, 0) is 49.3 Å². The summed E-state index contributed by atoms with van der Waals surface area (Å²) in [7, 11) is 0. The summed E-state index contributed by atoms with van der Waals surface area (Å²) in [5.41, 5.74) is 2.28. The van der Waals surface area contributed by atoms with Gasteiger partial charge in [0.25, 0.3) is 0 Å². The largest absolute Gasteiger partial charge is 0.394 e. The molecule has 3 amide bonds. The molecular formula is C31H38BrN3O5. The fraction of sp³-hybridized carbons (Fsp3) is 0.516. The number of benzene rings is 2. The molecule has 40 heavy (non-hydrogen) atoms. The van der Waals surface area contributed by atoms with Crippen molar-refractivity contribution in [2.45, 2.75) is 75.7 Å². The second kappa shape index (κ2) is 11.3. The molecule has 3 aliphatic heterocycles. The van der Waals surface area contributed by atoms with Crippen LogP contribution in [0.1, 0.15) is 43.4 Å². The van der Waals surface area contributed by atoms with Crippen molar-refractivity contribution >= 4 is 39.3 Å². The van der Waals surface area contributed by atoms with Crippen LogP contribution >= 0.6 is 15.9 Å². The molecule has 1 spiro atoms. The standard InChI is InChI=1S/C31H38BrN3O5/c1-17(2)13-21(16-36)35-27(29(38)34-25-18(3)9-8-10-19(25)4)31-14-22(32)26(40-31)23(24(31)30(35)39)28(37)33-15-20-11-6-5-7-12-20/h5-12,17,21-24,26-27,36H,13-16H2,1-4H3,(H,33,37)(H,34,38)/t21-,22?,23+,24+,26+,27?,31?/m1/s1. The van der Waals surface area contributed by atoms with E-state index < -0.39 is 35.6 Å². The molecule has 9 heteroatoms. The van der Waals surface area contributed by atoms with Crippen LogP contribution in [-0.4, -0.2) is 63.0 Å². The smallest absolute Gasteiger partial charge is 0.250 e. The van der Waals surface area contributed by atoms with Crippen molar-refractivity contribution in [3.63, 3.8) is 0 Å². The molecule has 214 valence electrons. The highest BCUT2D eigenvalue weighted by atomic mass is 79.9. The summed E-state index contributed by atoms with van der Waals surface area (Å²) in [4.78, 5) is 43.6. The van der Waals surface area contributed by atoms with Gasteiger partial charge in [-0.3, -0.25) is 14.4 Å². The van der Waals surface area contributed by atoms with Crippen molar-refractivity contribution in [2.24, 2.45) is 17.8 Å². The summed E-state index contributed by atoms with van der Waals surface area (Å²) < 4.78 is 6.60. The predicted octanol–water partition coefficient (Wildman–Crippen LogP) is 3.71. The number of nitrogens with zero attached hydrogens (tertiary/aromatic N) is 1. The number of hydrogen-bond acceptors (Lipinski definition) is 5. The number of ether oxygens (including phenoxy) is 1. The molecule has 3 unspecified atom stereocenters. The zero-order valence-corrected chi connectivity index (χ0v) is 25.0. The molecule has 2 aromatic carbocycles. The van der Waals surface area contributed by atoms with Gasteiger partial charge < -0.3 is 25.4 Å². The van der Waals surface area contributed by atoms with E-state index in [1.165, 1.54) is 4.90 Å². The summed E-state index contributed by atoms with van der Waals surface area (Å²) in [5, 5.41) is 16.5. The average Bonchev–Trinajstić information content (AvgIpc) is 3.51. The average molecular weight is 613 g/mol. The lowest BCUT2D eigenvalue weighted by atomic mass is 9.70. The number of rotatable bonds is 9. The Morgan fingerprint density at radius 3 is 2.40 bits per heavy atom. The SMILES string of the molecule is Cc1cccc(C)c1NC(=O)C1N([C@@H](CO)CC(C)C)C(=O)[C@@H]2[C@H](C(=O)NCc3ccccc3)[C@H]3OC12CC3Br. The second-order valence-electron chi connectivity index (χ2n) is 11.8. The van der Waals surface area contributed by atoms with Gasteiger partial charge in [0.05, 0.1) is 30.6 Å². The maximum Gasteiger partial charge on any atom is 0.250 e. The van der Waals surface area contributed by atoms with Gasteiger partial charge in [0, 0.05) is 17.1 Å². The second-order valence-corrected chi connectivity index (χ2v) is 13.0. The van der Waals surface area contributed by atoms with Crippen molar-refractivity contribution < 1.29 is 24.2 Å². The summed E-state index contributed by atoms with van der Waals surface area (Å²) in [6, 6.07) is 13.8. The number of alkyl halides is 1. The molecule has 3 N–H and O–H groups in total. The highest BCUT2D eigenvalue weighted by molar-refractivity contribution is 9.09. The number of aliphatic hydroxyl groups excluding tert-OH is 1. The van der Waals surface area contributed by atoms with Gasteiger partial charge in [0.1, 0.15) is 11.6 Å². The summed E-state index contributed by atoms with van der Waals surface area (Å²) in [5.74, 6) is -2.33. The van der Waals surface area contributed by atoms with Gasteiger partial charge in [-0.25, -0.2) is 0 Å². The van der Waals surface area contributed by atoms with Crippen molar-refractivity contribution in [3.8, 4) is 0 Å². The van der Waals surface area contributed by atoms with E-state index in [4.69, 9.17) is 4.74 Å². The van der Waals surface area contributed by atoms with Crippen LogP contribution in [0.2, 0.25) is 0 Å². The number of nitrogens with one attached hydrogen (secondary N) is 2. The Hall–Kier alpha value is -2.75. The van der Waals surface area contributed by atoms with Gasteiger partial charge in [-0.15, -0.1) is 0 Å². The van der Waals surface area contributed by atoms with Crippen molar-refractivity contribution in [3.05, 3.63) is 65.2 Å². The number of aryl methyl sites for hydroxylation is 2. The van der Waals surface area contributed by atoms with Crippen molar-refractivity contribution in [2.75, 3.05) is 11.9 Å². The predicted molar refractivity (Wildman–Crippen MR) is 156 cm³/mol. The Labute approximate surface area is 244 Å². The number of carbonyl (C=O) groups is 3. The number of anilines is 1. The first-order valence-corrected chi connectivity index (χ1v) is 14.9. The van der Waals surface area contributed by atoms with Crippen molar-refractivity contribution in [1.82, 2.24) is 10.2 Å². The lowest BCUT2D eigenvalue weighted by Crippen LogP contribution is -2.57. The van der Waals surface area contributed by atoms with Gasteiger partial charge in [-0.2, -0.15) is 0 Å². The van der Waals surface area contributed by atoms with E-state index in [1.807, 2.05) is 76.2 Å². The van der Waals surface area contributed by atoms with E-state index in [2.05, 4.69) is 26.6 Å². The number of para-hydroxylation sites is 1. The first kappa shape index (κ1) is 28.8. The molecular weight excluding hydrogens is 574 g/mol. The van der Waals surface area contributed by atoms with Crippen LogP contribution in [-0.2, 0) is 25.7 Å². The van der Waals surface area contributed by atoms with Crippen molar-refractivity contribution in [1.29, 1.82) is 0 Å². The summed E-state index contributed by atoms with van der Waals surface area (Å²) in [6.07, 6.45) is 0.391. The molecule has 3 fully saturated rings. The van der Waals surface area contributed by atoms with E-state index in [-0.39, 0.29) is 35.1 Å². The summed E-state index contributed by atoms with van der Waals surface area (Å²) >= 11 is 3.72. The molecule has 3 heterocycles. The van der Waals surface area contributed by atoms with Gasteiger partial charge in [-0.1, -0.05) is 78.3 Å². The van der Waals surface area contributed by atoms with Crippen LogP contribution in [0.25, 0.3) is 0 Å². The van der Waals surface area contributed by atoms with E-state index >= 15 is 0 Å². The number of halogens is 1. The topological polar surface area (TPSA) is 108 Å². The van der Waals surface area contributed by atoms with E-state index in [9.17, 15) is 19.5 Å². The fourth-order valence-electron chi connectivity index (χ4n) is 6.99. The van der Waals surface area contributed by atoms with E-state index in [0.29, 0.717) is 25.1 Å². The molecule has 5 rings (SSSR count). The minimum absolute atomic E-state index is 0.177. The molecule has 0 aromatic heterocycles. The third-order valence-electron chi connectivity index (χ3n) is 8.66. The lowest BCUT2D eigenvalue weighted by molar-refractivity contribution is -0.144. The summed E-state index contributed by atoms with van der Waals surface area (Å²) in [6.45, 7) is 7.93. The van der Waals surface area contributed by atoms with Crippen LogP contribution in [0.15, 0.2) is 48.5 Å². The Bertz CT molecular complexity index is 1270. The molecule has 0 aliphatic carbocycles. The Morgan fingerprint density at radius 1 is 1.10 bits per heavy atom. The van der Waals surface area contributed by atoms with E-state index in [1.54, 1.807) is 0 Å². The monoisotopic (exact) mass is 611 g/mol. The first-order chi connectivity index (χ1) is 19.1. The number of aliphatic hydroxyl groups is 1. The molecule has 2 aromatic rings. The molecule has 3 aliphatic rings. The molecule has 0 radical (unpaired) electrons. The number of amides is 3. The minimum atomic E-state index is -1.18. The van der Waals surface area contributed by atoms with Crippen LogP contribution in [0.3, 0.4) is 0 Å². The maximum absolute atomic E-state index is 14.3. The van der Waals surface area contributed by atoms with Crippen LogP contribution in [0.4, 0.5) is 5.69 Å². The van der Waals surface area contributed by atoms with Gasteiger partial charge in [0.2, 0.25) is 17.7 Å². The Kier molecular flexibility index (Phi) is 8.10. The molecule has 3 saturated heterocycles. The highest BCUT2D eigenvalue weighted by Gasteiger charge is 2.77. The zero-order chi connectivity index (χ0) is 28.8. The van der Waals surface area contributed by atoms with E-state index in [0.717, 1.165) is 16.7 Å². The third kappa shape index (κ3) is 4.86. The minimum Gasteiger partial charge on any atom is -0.394 e. The molecule has 8 nitrogen and oxygen atoms in total. The highest BCUT2D eigenvalue weighted by Crippen LogP contribution is 2.60. The number of hydrogen-bond donors (Lipinski definition) is 3. The Morgan fingerprint density at radius 2 is 1.77 bits per heavy atom. The van der Waals surface area contributed by atoms with Crippen LogP contribution in [0, 0.1) is 31.6 Å². The Balaban J connectivity index is 1.52. The lowest BCUT2D eigenvalue weighted by Gasteiger charge is -2.37. The number of carbonyl (C=O) groups excluding carboxylic acids is 3. The maximum atomic E-state index is 14.3. The normalized spacial score (nSPS) is 29.5. The van der Waals surface area contributed by atoms with Gasteiger partial charge in [0.15, 0.2) is 0 Å². The zero-order valence-electron chi connectivity index (χ0n) is 23.4. The molecule has 2 bridgehead atoms. The number of likely N-dealkylation sites (tertiary alicyclic amines) is 1. The fourth-order valence-corrected chi connectivity index (χ4v) is 7.93. The van der Waals surface area contributed by atoms with Crippen LogP contribution < -0.4 is 10.6 Å². The third-order valence-corrected chi connectivity index (χ3v) is 9.51. The molecule has 0 saturated carbocycles. The van der Waals surface area contributed by atoms with Gasteiger partial charge >= 0.3 is 0 Å². The first-order valence-electron chi connectivity index (χ1n) is 14.0. The number of fused-ring (bicyclic) bond motifs is 1. The van der Waals surface area contributed by atoms with Crippen LogP contribution in [0.5, 0.6) is 0 Å². The quantitative estimate of drug-likeness (QED) is 0.375. The molecule has 7 atom stereocenters.